The minimum atomic E-state index is -0.942. The van der Waals surface area contributed by atoms with Crippen molar-refractivity contribution in [2.75, 3.05) is 13.2 Å². The Hall–Kier alpha value is -2.98. The molecule has 0 N–H and O–H groups in total. The third-order valence-electron chi connectivity index (χ3n) is 8.79. The van der Waals surface area contributed by atoms with Crippen LogP contribution in [0.3, 0.4) is 0 Å². The second-order valence-corrected chi connectivity index (χ2v) is 11.1. The van der Waals surface area contributed by atoms with E-state index in [0.717, 1.165) is 42.4 Å². The first-order valence-corrected chi connectivity index (χ1v) is 14.6. The first kappa shape index (κ1) is 27.6. The Morgan fingerprint density at radius 3 is 2.05 bits per heavy atom. The van der Waals surface area contributed by atoms with Gasteiger partial charge in [-0.15, -0.1) is 6.58 Å². The van der Waals surface area contributed by atoms with Crippen molar-refractivity contribution in [2.45, 2.75) is 70.3 Å². The van der Waals surface area contributed by atoms with E-state index in [-0.39, 0.29) is 17.9 Å². The lowest BCUT2D eigenvalue weighted by Crippen LogP contribution is -2.32. The highest BCUT2D eigenvalue weighted by molar-refractivity contribution is 5.71. The van der Waals surface area contributed by atoms with E-state index in [9.17, 15) is 8.78 Å². The lowest BCUT2D eigenvalue weighted by molar-refractivity contribution is -0.0401. The molecule has 2 aliphatic rings. The predicted molar refractivity (Wildman–Crippen MR) is 155 cm³/mol. The van der Waals surface area contributed by atoms with Crippen LogP contribution < -0.4 is 4.74 Å². The molecule has 0 radical (unpaired) electrons. The van der Waals surface area contributed by atoms with Gasteiger partial charge >= 0.3 is 0 Å². The van der Waals surface area contributed by atoms with Crippen molar-refractivity contribution in [2.24, 2.45) is 11.8 Å². The molecule has 2 fully saturated rings. The first-order chi connectivity index (χ1) is 19.1. The topological polar surface area (TPSA) is 18.5 Å². The maximum Gasteiger partial charge on any atom is 0.201 e. The minimum Gasteiger partial charge on any atom is -0.491 e. The van der Waals surface area contributed by atoms with Crippen molar-refractivity contribution < 1.29 is 18.3 Å². The highest BCUT2D eigenvalue weighted by atomic mass is 19.2. The van der Waals surface area contributed by atoms with Gasteiger partial charge < -0.3 is 9.47 Å². The molecule has 1 heterocycles. The van der Waals surface area contributed by atoms with Crippen molar-refractivity contribution in [3.63, 3.8) is 0 Å². The highest BCUT2D eigenvalue weighted by Crippen LogP contribution is 2.42. The average molecular weight is 531 g/mol. The molecule has 1 saturated heterocycles. The summed E-state index contributed by atoms with van der Waals surface area (Å²) in [6, 6.07) is 19.6. The summed E-state index contributed by atoms with van der Waals surface area (Å²) in [5.74, 6) is 0.275. The average Bonchev–Trinajstić information content (AvgIpc) is 2.99. The predicted octanol–water partition coefficient (Wildman–Crippen LogP) is 9.73. The van der Waals surface area contributed by atoms with Gasteiger partial charge in [-0.3, -0.25) is 0 Å². The molecule has 0 aromatic heterocycles. The summed E-state index contributed by atoms with van der Waals surface area (Å²) in [5.41, 5.74) is 4.49. The van der Waals surface area contributed by atoms with Crippen LogP contribution in [0.15, 0.2) is 73.3 Å². The molecule has 4 heteroatoms. The largest absolute Gasteiger partial charge is 0.491 e. The molecule has 0 spiro atoms. The normalized spacial score (nSPS) is 23.4. The van der Waals surface area contributed by atoms with Crippen molar-refractivity contribution in [1.29, 1.82) is 0 Å². The second kappa shape index (κ2) is 12.9. The van der Waals surface area contributed by atoms with Crippen molar-refractivity contribution in [3.8, 4) is 28.0 Å². The Morgan fingerprint density at radius 1 is 0.795 bits per heavy atom. The van der Waals surface area contributed by atoms with Crippen LogP contribution in [-0.2, 0) is 4.74 Å². The Labute approximate surface area is 232 Å². The van der Waals surface area contributed by atoms with Gasteiger partial charge in [-0.2, -0.15) is 4.39 Å². The van der Waals surface area contributed by atoms with E-state index in [0.29, 0.717) is 17.6 Å². The zero-order valence-corrected chi connectivity index (χ0v) is 23.0. The van der Waals surface area contributed by atoms with E-state index in [1.54, 1.807) is 13.0 Å². The van der Waals surface area contributed by atoms with E-state index in [2.05, 4.69) is 30.8 Å². The summed E-state index contributed by atoms with van der Waals surface area (Å²) in [6.07, 6.45) is 12.2. The van der Waals surface area contributed by atoms with E-state index in [1.165, 1.54) is 50.2 Å². The van der Waals surface area contributed by atoms with Crippen LogP contribution in [0.5, 0.6) is 5.75 Å². The van der Waals surface area contributed by atoms with Crippen LogP contribution in [-0.4, -0.2) is 19.3 Å². The summed E-state index contributed by atoms with van der Waals surface area (Å²) >= 11 is 0. The van der Waals surface area contributed by atoms with Gasteiger partial charge in [0.25, 0.3) is 0 Å². The van der Waals surface area contributed by atoms with Crippen LogP contribution in [0.4, 0.5) is 8.78 Å². The zero-order valence-electron chi connectivity index (χ0n) is 23.0. The van der Waals surface area contributed by atoms with Gasteiger partial charge in [-0.05, 0) is 110 Å². The molecule has 2 unspecified atom stereocenters. The lowest BCUT2D eigenvalue weighted by Gasteiger charge is -2.38. The molecule has 5 rings (SSSR count). The van der Waals surface area contributed by atoms with Gasteiger partial charge in [0.15, 0.2) is 11.6 Å². The van der Waals surface area contributed by atoms with E-state index in [1.807, 2.05) is 30.3 Å². The fraction of sp³-hybridized carbons (Fsp3) is 0.429. The van der Waals surface area contributed by atoms with Crippen molar-refractivity contribution in [1.82, 2.24) is 0 Å². The van der Waals surface area contributed by atoms with Crippen LogP contribution in [0, 0.1) is 23.5 Å². The second-order valence-electron chi connectivity index (χ2n) is 11.1. The van der Waals surface area contributed by atoms with Gasteiger partial charge in [0.2, 0.25) is 5.82 Å². The summed E-state index contributed by atoms with van der Waals surface area (Å²) in [6.45, 7) is 6.80. The fourth-order valence-corrected chi connectivity index (χ4v) is 6.47. The summed E-state index contributed by atoms with van der Waals surface area (Å²) in [4.78, 5) is 0. The standard InChI is InChI=1S/C35H40F2O2/c1-3-5-6-31-20-19-30(23-39-31)28-13-11-26(12-14-28)24-7-9-25(10-8-24)27-15-17-29(18-16-27)32-21-22-33(38-4-2)35(37)34(32)36/h3,7-10,15-18,21-22,26,28,30-31H,1,4-6,11-14,19-20,23H2,2H3. The molecule has 2 nitrogen and oxygen atoms in total. The number of benzene rings is 3. The summed E-state index contributed by atoms with van der Waals surface area (Å²) in [5, 5.41) is 0. The van der Waals surface area contributed by atoms with Crippen LogP contribution in [0.1, 0.15) is 69.8 Å². The molecule has 0 amide bonds. The molecule has 3 aromatic carbocycles. The molecule has 1 aliphatic carbocycles. The minimum absolute atomic E-state index is 0.0556. The molecule has 1 aliphatic heterocycles. The molecule has 39 heavy (non-hydrogen) atoms. The highest BCUT2D eigenvalue weighted by Gasteiger charge is 2.31. The SMILES string of the molecule is C=CCCC1CCC(C2CCC(c3ccc(-c4ccc(-c5ccc(OCC)c(F)c5F)cc4)cc3)CC2)CO1. The van der Waals surface area contributed by atoms with Gasteiger partial charge in [0.05, 0.1) is 19.3 Å². The molecule has 206 valence electrons. The molecule has 1 saturated carbocycles. The van der Waals surface area contributed by atoms with Crippen molar-refractivity contribution >= 4 is 0 Å². The fourth-order valence-electron chi connectivity index (χ4n) is 6.47. The summed E-state index contributed by atoms with van der Waals surface area (Å²) in [7, 11) is 0. The summed E-state index contributed by atoms with van der Waals surface area (Å²) < 4.78 is 40.3. The maximum atomic E-state index is 14.6. The smallest absolute Gasteiger partial charge is 0.201 e. The van der Waals surface area contributed by atoms with Crippen LogP contribution in [0.2, 0.25) is 0 Å². The van der Waals surface area contributed by atoms with E-state index in [4.69, 9.17) is 9.47 Å². The van der Waals surface area contributed by atoms with Gasteiger partial charge in [0, 0.05) is 5.56 Å². The maximum absolute atomic E-state index is 14.6. The Morgan fingerprint density at radius 2 is 1.44 bits per heavy atom. The Bertz CT molecular complexity index is 1220. The van der Waals surface area contributed by atoms with Gasteiger partial charge in [-0.1, -0.05) is 54.6 Å². The number of rotatable bonds is 9. The zero-order chi connectivity index (χ0) is 27.2. The van der Waals surface area contributed by atoms with E-state index < -0.39 is 11.6 Å². The quantitative estimate of drug-likeness (QED) is 0.256. The molecular weight excluding hydrogens is 490 g/mol. The lowest BCUT2D eigenvalue weighted by atomic mass is 9.72. The molecule has 3 aromatic rings. The first-order valence-electron chi connectivity index (χ1n) is 14.6. The van der Waals surface area contributed by atoms with Gasteiger partial charge in [0.1, 0.15) is 0 Å². The Balaban J connectivity index is 1.16. The number of halogens is 2. The van der Waals surface area contributed by atoms with Crippen LogP contribution >= 0.6 is 0 Å². The van der Waals surface area contributed by atoms with Crippen LogP contribution in [0.25, 0.3) is 22.3 Å². The Kier molecular flexibility index (Phi) is 9.13. The third-order valence-corrected chi connectivity index (χ3v) is 8.79. The number of ether oxygens (including phenoxy) is 2. The van der Waals surface area contributed by atoms with Crippen molar-refractivity contribution in [3.05, 3.63) is 90.5 Å². The monoisotopic (exact) mass is 530 g/mol. The van der Waals surface area contributed by atoms with E-state index >= 15 is 0 Å². The molecule has 0 bridgehead atoms. The molecular formula is C35H40F2O2. The third kappa shape index (κ3) is 6.44. The number of hydrogen-bond acceptors (Lipinski definition) is 2. The van der Waals surface area contributed by atoms with Gasteiger partial charge in [-0.25, -0.2) is 4.39 Å². The number of hydrogen-bond donors (Lipinski definition) is 0. The number of allylic oxidation sites excluding steroid dienone is 1. The molecule has 2 atom stereocenters.